The maximum absolute atomic E-state index is 12.7. The van der Waals surface area contributed by atoms with Crippen LogP contribution in [0.3, 0.4) is 0 Å². The van der Waals surface area contributed by atoms with Crippen molar-refractivity contribution in [2.24, 2.45) is 5.92 Å². The van der Waals surface area contributed by atoms with E-state index in [0.717, 1.165) is 49.4 Å². The van der Waals surface area contributed by atoms with Crippen molar-refractivity contribution < 1.29 is 4.79 Å². The standard InChI is InChI=1S/C21H32N4O/c1-15-8-7-11-24(13-15)14-20(26)23-21-19(12-22)16(2)17(3)25(21)18-9-5-4-6-10-18/h15,18H,4-11,13-14H2,1-3H3,(H,23,26)/t15-/m1/s1. The highest BCUT2D eigenvalue weighted by atomic mass is 16.2. The van der Waals surface area contributed by atoms with Crippen LogP contribution in [-0.4, -0.2) is 35.0 Å². The lowest BCUT2D eigenvalue weighted by Gasteiger charge is -2.30. The van der Waals surface area contributed by atoms with Crippen LogP contribution in [0, 0.1) is 31.1 Å². The Bertz CT molecular complexity index is 694. The van der Waals surface area contributed by atoms with Gasteiger partial charge in [0.15, 0.2) is 0 Å². The molecule has 2 heterocycles. The topological polar surface area (TPSA) is 61.1 Å². The fraction of sp³-hybridized carbons (Fsp3) is 0.714. The molecule has 1 atom stereocenters. The summed E-state index contributed by atoms with van der Waals surface area (Å²) in [6.07, 6.45) is 8.41. The lowest BCUT2D eigenvalue weighted by Crippen LogP contribution is -2.40. The molecule has 142 valence electrons. The first-order valence-electron chi connectivity index (χ1n) is 10.1. The van der Waals surface area contributed by atoms with Gasteiger partial charge in [0.05, 0.1) is 12.1 Å². The highest BCUT2D eigenvalue weighted by molar-refractivity contribution is 5.93. The van der Waals surface area contributed by atoms with Gasteiger partial charge in [-0.15, -0.1) is 0 Å². The molecular formula is C21H32N4O. The van der Waals surface area contributed by atoms with Gasteiger partial charge in [-0.2, -0.15) is 5.26 Å². The highest BCUT2D eigenvalue weighted by Gasteiger charge is 2.26. The first-order valence-corrected chi connectivity index (χ1v) is 10.1. The third-order valence-corrected chi connectivity index (χ3v) is 6.17. The minimum absolute atomic E-state index is 0.00478. The van der Waals surface area contributed by atoms with Gasteiger partial charge in [0, 0.05) is 18.3 Å². The van der Waals surface area contributed by atoms with Crippen LogP contribution in [0.15, 0.2) is 0 Å². The molecule has 3 rings (SSSR count). The largest absolute Gasteiger partial charge is 0.327 e. The summed E-state index contributed by atoms with van der Waals surface area (Å²) >= 11 is 0. The zero-order valence-corrected chi connectivity index (χ0v) is 16.5. The number of rotatable bonds is 4. The molecule has 2 fully saturated rings. The first-order chi connectivity index (χ1) is 12.5. The summed E-state index contributed by atoms with van der Waals surface area (Å²) in [6, 6.07) is 2.73. The van der Waals surface area contributed by atoms with Gasteiger partial charge in [0.25, 0.3) is 0 Å². The van der Waals surface area contributed by atoms with Crippen molar-refractivity contribution in [3.05, 3.63) is 16.8 Å². The van der Waals surface area contributed by atoms with E-state index >= 15 is 0 Å². The van der Waals surface area contributed by atoms with Crippen LogP contribution in [-0.2, 0) is 4.79 Å². The molecule has 0 spiro atoms. The molecule has 1 N–H and O–H groups in total. The van der Waals surface area contributed by atoms with E-state index in [1.54, 1.807) is 0 Å². The number of hydrogen-bond acceptors (Lipinski definition) is 3. The molecule has 1 aliphatic heterocycles. The quantitative estimate of drug-likeness (QED) is 0.881. The molecule has 5 nitrogen and oxygen atoms in total. The number of aromatic nitrogens is 1. The SMILES string of the molecule is Cc1c(C#N)c(NC(=O)CN2CCC[C@@H](C)C2)n(C2CCCCC2)c1C. The Kier molecular flexibility index (Phi) is 6.03. The molecule has 5 heteroatoms. The molecule has 26 heavy (non-hydrogen) atoms. The third-order valence-electron chi connectivity index (χ3n) is 6.17. The summed E-state index contributed by atoms with van der Waals surface area (Å²) in [7, 11) is 0. The molecule has 0 bridgehead atoms. The predicted molar refractivity (Wildman–Crippen MR) is 104 cm³/mol. The second-order valence-electron chi connectivity index (χ2n) is 8.24. The number of nitrogens with zero attached hydrogens (tertiary/aromatic N) is 3. The van der Waals surface area contributed by atoms with Crippen molar-refractivity contribution in [3.8, 4) is 6.07 Å². The zero-order chi connectivity index (χ0) is 18.7. The fourth-order valence-corrected chi connectivity index (χ4v) is 4.69. The zero-order valence-electron chi connectivity index (χ0n) is 16.5. The van der Waals surface area contributed by atoms with E-state index in [0.29, 0.717) is 24.1 Å². The number of carbonyl (C=O) groups excluding carboxylic acids is 1. The van der Waals surface area contributed by atoms with Gasteiger partial charge < -0.3 is 9.88 Å². The van der Waals surface area contributed by atoms with Crippen LogP contribution >= 0.6 is 0 Å². The smallest absolute Gasteiger partial charge is 0.239 e. The molecule has 1 saturated carbocycles. The summed E-state index contributed by atoms with van der Waals surface area (Å²) in [5.74, 6) is 1.39. The van der Waals surface area contributed by atoms with Crippen LogP contribution in [0.25, 0.3) is 0 Å². The molecule has 1 saturated heterocycles. The molecular weight excluding hydrogens is 324 g/mol. The number of nitrogens with one attached hydrogen (secondary N) is 1. The monoisotopic (exact) mass is 356 g/mol. The molecule has 0 aromatic carbocycles. The third kappa shape index (κ3) is 3.96. The lowest BCUT2D eigenvalue weighted by atomic mass is 9.95. The summed E-state index contributed by atoms with van der Waals surface area (Å²) in [5, 5.41) is 12.8. The van der Waals surface area contributed by atoms with Gasteiger partial charge >= 0.3 is 0 Å². The maximum Gasteiger partial charge on any atom is 0.239 e. The van der Waals surface area contributed by atoms with Gasteiger partial charge in [0.1, 0.15) is 11.9 Å². The van der Waals surface area contributed by atoms with Gasteiger partial charge in [-0.05, 0) is 57.6 Å². The van der Waals surface area contributed by atoms with E-state index in [1.165, 1.54) is 25.7 Å². The Morgan fingerprint density at radius 1 is 1.19 bits per heavy atom. The predicted octanol–water partition coefficient (Wildman–Crippen LogP) is 4.15. The van der Waals surface area contributed by atoms with Crippen LogP contribution in [0.5, 0.6) is 0 Å². The summed E-state index contributed by atoms with van der Waals surface area (Å²) in [6.45, 7) is 8.72. The van der Waals surface area contributed by atoms with Crippen molar-refractivity contribution in [3.63, 3.8) is 0 Å². The molecule has 1 amide bonds. The van der Waals surface area contributed by atoms with E-state index in [9.17, 15) is 10.1 Å². The molecule has 1 aromatic heterocycles. The first kappa shape index (κ1) is 19.0. The number of anilines is 1. The Balaban J connectivity index is 1.80. The minimum Gasteiger partial charge on any atom is -0.327 e. The van der Waals surface area contributed by atoms with E-state index in [1.807, 2.05) is 6.92 Å². The minimum atomic E-state index is 0.00478. The van der Waals surface area contributed by atoms with Crippen LogP contribution in [0.4, 0.5) is 5.82 Å². The molecule has 1 aliphatic carbocycles. The van der Waals surface area contributed by atoms with Crippen LogP contribution < -0.4 is 5.32 Å². The fourth-order valence-electron chi connectivity index (χ4n) is 4.69. The van der Waals surface area contributed by atoms with Crippen LogP contribution in [0.1, 0.15) is 74.7 Å². The number of nitriles is 1. The van der Waals surface area contributed by atoms with Crippen LogP contribution in [0.2, 0.25) is 0 Å². The maximum atomic E-state index is 12.7. The number of carbonyl (C=O) groups is 1. The Morgan fingerprint density at radius 3 is 2.58 bits per heavy atom. The Morgan fingerprint density at radius 2 is 1.92 bits per heavy atom. The van der Waals surface area contributed by atoms with Crippen molar-refractivity contribution in [2.75, 3.05) is 25.0 Å². The number of hydrogen-bond donors (Lipinski definition) is 1. The van der Waals surface area contributed by atoms with Gasteiger partial charge in [-0.3, -0.25) is 9.69 Å². The van der Waals surface area contributed by atoms with E-state index in [4.69, 9.17) is 0 Å². The average Bonchev–Trinajstić information content (AvgIpc) is 2.85. The van der Waals surface area contributed by atoms with E-state index < -0.39 is 0 Å². The summed E-state index contributed by atoms with van der Waals surface area (Å²) in [4.78, 5) is 15.0. The number of likely N-dealkylation sites (tertiary alicyclic amines) is 1. The van der Waals surface area contributed by atoms with Gasteiger partial charge in [-0.25, -0.2) is 0 Å². The Hall–Kier alpha value is -1.80. The van der Waals surface area contributed by atoms with E-state index in [2.05, 4.69) is 34.7 Å². The summed E-state index contributed by atoms with van der Waals surface area (Å²) < 4.78 is 2.24. The second kappa shape index (κ2) is 8.26. The lowest BCUT2D eigenvalue weighted by molar-refractivity contribution is -0.117. The molecule has 0 radical (unpaired) electrons. The normalized spacial score (nSPS) is 22.2. The van der Waals surface area contributed by atoms with Crippen molar-refractivity contribution >= 4 is 11.7 Å². The van der Waals surface area contributed by atoms with E-state index in [-0.39, 0.29) is 5.91 Å². The average molecular weight is 357 g/mol. The van der Waals surface area contributed by atoms with Gasteiger partial charge in [0.2, 0.25) is 5.91 Å². The van der Waals surface area contributed by atoms with Crippen molar-refractivity contribution in [1.82, 2.24) is 9.47 Å². The number of piperidine rings is 1. The molecule has 2 aliphatic rings. The molecule has 1 aromatic rings. The summed E-state index contributed by atoms with van der Waals surface area (Å²) in [5.41, 5.74) is 2.75. The Labute approximate surface area is 157 Å². The highest BCUT2D eigenvalue weighted by Crippen LogP contribution is 2.36. The number of amides is 1. The second-order valence-corrected chi connectivity index (χ2v) is 8.24. The van der Waals surface area contributed by atoms with Gasteiger partial charge in [-0.1, -0.05) is 26.2 Å². The van der Waals surface area contributed by atoms with Crippen molar-refractivity contribution in [1.29, 1.82) is 5.26 Å². The molecule has 0 unspecified atom stereocenters. The van der Waals surface area contributed by atoms with Crippen molar-refractivity contribution in [2.45, 2.75) is 71.8 Å².